The maximum absolute atomic E-state index is 13.0. The lowest BCUT2D eigenvalue weighted by molar-refractivity contribution is 0.103. The smallest absolute Gasteiger partial charge is 0.194 e. The molecule has 0 spiro atoms. The van der Waals surface area contributed by atoms with E-state index in [4.69, 9.17) is 26.8 Å². The minimum absolute atomic E-state index is 0.143. The number of nitrogens with two attached hydrogens (primary N) is 1. The molecular weight excluding hydrogens is 468 g/mol. The van der Waals surface area contributed by atoms with Gasteiger partial charge in [-0.1, -0.05) is 27.5 Å². The molecule has 3 aromatic carbocycles. The maximum atomic E-state index is 13.0. The first-order chi connectivity index (χ1) is 14.4. The fraction of sp³-hybridized carbons (Fsp3) is 0.174. The van der Waals surface area contributed by atoms with Gasteiger partial charge in [-0.05, 0) is 67.1 Å². The molecule has 0 aromatic heterocycles. The number of aryl methyl sites for hydroxylation is 1. The normalized spacial score (nSPS) is 10.7. The van der Waals surface area contributed by atoms with Crippen LogP contribution in [0.15, 0.2) is 59.1 Å². The molecule has 3 rings (SSSR count). The Morgan fingerprint density at radius 3 is 2.50 bits per heavy atom. The van der Waals surface area contributed by atoms with Gasteiger partial charge < -0.3 is 20.5 Å². The fourth-order valence-corrected chi connectivity index (χ4v) is 3.59. The van der Waals surface area contributed by atoms with Crippen molar-refractivity contribution >= 4 is 50.4 Å². The molecule has 5 nitrogen and oxygen atoms in total. The summed E-state index contributed by atoms with van der Waals surface area (Å²) in [5.74, 6) is 0.550. The number of halogens is 2. The molecule has 7 heteroatoms. The third-order valence-electron chi connectivity index (χ3n) is 4.51. The molecule has 3 N–H and O–H groups in total. The van der Waals surface area contributed by atoms with E-state index in [2.05, 4.69) is 21.2 Å². The molecular formula is C23H22BrClN2O3. The summed E-state index contributed by atoms with van der Waals surface area (Å²) >= 11 is 9.82. The SMILES string of the molecule is COCCOc1ccc(C(=O)c2ccc(Nc3ccc(Br)cc3N)cc2Cl)c(C)c1. The molecule has 0 bridgehead atoms. The van der Waals surface area contributed by atoms with E-state index in [9.17, 15) is 4.79 Å². The van der Waals surface area contributed by atoms with Gasteiger partial charge in [0.2, 0.25) is 0 Å². The number of nitrogens with one attached hydrogen (secondary N) is 1. The van der Waals surface area contributed by atoms with Gasteiger partial charge in [-0.15, -0.1) is 0 Å². The van der Waals surface area contributed by atoms with Crippen LogP contribution in [0.1, 0.15) is 21.5 Å². The molecule has 0 aliphatic heterocycles. The van der Waals surface area contributed by atoms with Crippen LogP contribution in [0.3, 0.4) is 0 Å². The lowest BCUT2D eigenvalue weighted by atomic mass is 9.98. The number of benzene rings is 3. The third kappa shape index (κ3) is 5.33. The highest BCUT2D eigenvalue weighted by Gasteiger charge is 2.16. The van der Waals surface area contributed by atoms with Gasteiger partial charge in [-0.25, -0.2) is 0 Å². The lowest BCUT2D eigenvalue weighted by Gasteiger charge is -2.13. The molecule has 0 unspecified atom stereocenters. The number of carbonyl (C=O) groups is 1. The molecule has 0 atom stereocenters. The second kappa shape index (κ2) is 9.98. The summed E-state index contributed by atoms with van der Waals surface area (Å²) in [6, 6.07) is 16.2. The van der Waals surface area contributed by atoms with Gasteiger partial charge in [0.15, 0.2) is 5.78 Å². The number of rotatable bonds is 8. The van der Waals surface area contributed by atoms with Crippen molar-refractivity contribution in [3.63, 3.8) is 0 Å². The molecule has 30 heavy (non-hydrogen) atoms. The number of hydrogen-bond acceptors (Lipinski definition) is 5. The van der Waals surface area contributed by atoms with Gasteiger partial charge in [0, 0.05) is 28.4 Å². The van der Waals surface area contributed by atoms with E-state index in [1.807, 2.05) is 31.2 Å². The van der Waals surface area contributed by atoms with Crippen LogP contribution in [0.25, 0.3) is 0 Å². The zero-order chi connectivity index (χ0) is 21.7. The van der Waals surface area contributed by atoms with E-state index >= 15 is 0 Å². The van der Waals surface area contributed by atoms with Crippen molar-refractivity contribution in [1.29, 1.82) is 0 Å². The molecule has 0 radical (unpaired) electrons. The minimum Gasteiger partial charge on any atom is -0.491 e. The molecule has 156 valence electrons. The van der Waals surface area contributed by atoms with Crippen LogP contribution in [-0.4, -0.2) is 26.1 Å². The first-order valence-corrected chi connectivity index (χ1v) is 10.4. The van der Waals surface area contributed by atoms with Crippen LogP contribution in [0, 0.1) is 6.92 Å². The van der Waals surface area contributed by atoms with Crippen molar-refractivity contribution in [3.8, 4) is 5.75 Å². The van der Waals surface area contributed by atoms with E-state index < -0.39 is 0 Å². The predicted octanol–water partition coefficient (Wildman–Crippen LogP) is 5.99. The Kier molecular flexibility index (Phi) is 7.37. The maximum Gasteiger partial charge on any atom is 0.194 e. The lowest BCUT2D eigenvalue weighted by Crippen LogP contribution is -2.07. The highest BCUT2D eigenvalue weighted by atomic mass is 79.9. The number of ketones is 1. The van der Waals surface area contributed by atoms with Gasteiger partial charge in [0.05, 0.1) is 23.0 Å². The Morgan fingerprint density at radius 1 is 1.07 bits per heavy atom. The zero-order valence-electron chi connectivity index (χ0n) is 16.7. The monoisotopic (exact) mass is 488 g/mol. The van der Waals surface area contributed by atoms with Gasteiger partial charge in [0.25, 0.3) is 0 Å². The summed E-state index contributed by atoms with van der Waals surface area (Å²) in [6.07, 6.45) is 0. The zero-order valence-corrected chi connectivity index (χ0v) is 19.0. The van der Waals surface area contributed by atoms with Crippen LogP contribution >= 0.6 is 27.5 Å². The average molecular weight is 490 g/mol. The number of hydrogen-bond donors (Lipinski definition) is 2. The summed E-state index contributed by atoms with van der Waals surface area (Å²) in [5.41, 5.74) is 9.96. The largest absolute Gasteiger partial charge is 0.491 e. The van der Waals surface area contributed by atoms with E-state index in [1.165, 1.54) is 0 Å². The Hall–Kier alpha value is -2.54. The highest BCUT2D eigenvalue weighted by Crippen LogP contribution is 2.30. The number of carbonyl (C=O) groups excluding carboxylic acids is 1. The Morgan fingerprint density at radius 2 is 1.83 bits per heavy atom. The predicted molar refractivity (Wildman–Crippen MR) is 125 cm³/mol. The van der Waals surface area contributed by atoms with Crippen molar-refractivity contribution in [2.45, 2.75) is 6.92 Å². The molecule has 0 saturated heterocycles. The van der Waals surface area contributed by atoms with Crippen molar-refractivity contribution in [3.05, 3.63) is 80.8 Å². The quantitative estimate of drug-likeness (QED) is 0.231. The van der Waals surface area contributed by atoms with Crippen LogP contribution in [-0.2, 0) is 4.74 Å². The van der Waals surface area contributed by atoms with Crippen molar-refractivity contribution < 1.29 is 14.3 Å². The second-order valence-corrected chi connectivity index (χ2v) is 8.02. The first kappa shape index (κ1) is 22.2. The second-order valence-electron chi connectivity index (χ2n) is 6.70. The molecule has 0 heterocycles. The third-order valence-corrected chi connectivity index (χ3v) is 5.31. The van der Waals surface area contributed by atoms with Crippen LogP contribution < -0.4 is 15.8 Å². The highest BCUT2D eigenvalue weighted by molar-refractivity contribution is 9.10. The first-order valence-electron chi connectivity index (χ1n) is 9.27. The van der Waals surface area contributed by atoms with Gasteiger partial charge in [0.1, 0.15) is 12.4 Å². The summed E-state index contributed by atoms with van der Waals surface area (Å²) in [4.78, 5) is 13.0. The molecule has 0 fully saturated rings. The van der Waals surface area contributed by atoms with Gasteiger partial charge >= 0.3 is 0 Å². The Labute approximate surface area is 189 Å². The van der Waals surface area contributed by atoms with Crippen LogP contribution in [0.5, 0.6) is 5.75 Å². The summed E-state index contributed by atoms with van der Waals surface area (Å²) in [7, 11) is 1.62. The van der Waals surface area contributed by atoms with Crippen LogP contribution in [0.4, 0.5) is 17.1 Å². The van der Waals surface area contributed by atoms with Crippen molar-refractivity contribution in [2.75, 3.05) is 31.4 Å². The number of methoxy groups -OCH3 is 1. The fourth-order valence-electron chi connectivity index (χ4n) is 2.95. The van der Waals surface area contributed by atoms with E-state index in [0.29, 0.717) is 40.8 Å². The number of nitrogen functional groups attached to an aromatic ring is 1. The standard InChI is InChI=1S/C23H22BrClN2O3/c1-14-11-17(30-10-9-29-2)5-7-18(14)23(28)19-6-4-16(13-20(19)25)27-22-8-3-15(24)12-21(22)26/h3-8,11-13,27H,9-10,26H2,1-2H3. The van der Waals surface area contributed by atoms with E-state index in [0.717, 1.165) is 21.4 Å². The van der Waals surface area contributed by atoms with E-state index in [-0.39, 0.29) is 5.78 Å². The number of anilines is 3. The molecule has 0 aliphatic rings. The Balaban J connectivity index is 1.78. The topological polar surface area (TPSA) is 73.6 Å². The minimum atomic E-state index is -0.143. The summed E-state index contributed by atoms with van der Waals surface area (Å²) < 4.78 is 11.5. The van der Waals surface area contributed by atoms with Crippen LogP contribution in [0.2, 0.25) is 5.02 Å². The molecule has 0 amide bonds. The van der Waals surface area contributed by atoms with Crippen molar-refractivity contribution in [1.82, 2.24) is 0 Å². The summed E-state index contributed by atoms with van der Waals surface area (Å²) in [5, 5.41) is 3.58. The summed E-state index contributed by atoms with van der Waals surface area (Å²) in [6.45, 7) is 2.82. The van der Waals surface area contributed by atoms with Gasteiger partial charge in [-0.2, -0.15) is 0 Å². The number of ether oxygens (including phenoxy) is 2. The Bertz CT molecular complexity index is 1070. The van der Waals surface area contributed by atoms with Crippen molar-refractivity contribution in [2.24, 2.45) is 0 Å². The molecule has 0 saturated carbocycles. The average Bonchev–Trinajstić information content (AvgIpc) is 2.70. The van der Waals surface area contributed by atoms with E-state index in [1.54, 1.807) is 37.4 Å². The molecule has 0 aliphatic carbocycles. The van der Waals surface area contributed by atoms with Gasteiger partial charge in [-0.3, -0.25) is 4.79 Å². The molecule has 3 aromatic rings.